The number of hydrogen-bond donors (Lipinski definition) is 7. The molecule has 12 nitrogen and oxygen atoms in total. The molecular weight excluding hydrogens is 767 g/mol. The van der Waals surface area contributed by atoms with Crippen molar-refractivity contribution in [1.82, 2.24) is 19.9 Å². The quantitative estimate of drug-likeness (QED) is 0.0437. The fourth-order valence-electron chi connectivity index (χ4n) is 5.82. The van der Waals surface area contributed by atoms with Crippen molar-refractivity contribution >= 4 is 95.7 Å². The number of aromatic nitrogens is 4. The van der Waals surface area contributed by atoms with Crippen molar-refractivity contribution in [3.63, 3.8) is 0 Å². The summed E-state index contributed by atoms with van der Waals surface area (Å²) in [6.45, 7) is 0. The van der Waals surface area contributed by atoms with Crippen LogP contribution in [0, 0.1) is 0 Å². The van der Waals surface area contributed by atoms with Gasteiger partial charge in [-0.25, -0.2) is 9.97 Å². The second-order valence-electron chi connectivity index (χ2n) is 11.6. The number of alkyl halides is 1. The van der Waals surface area contributed by atoms with Crippen molar-refractivity contribution < 1.29 is 33.5 Å². The van der Waals surface area contributed by atoms with Crippen LogP contribution in [0.5, 0.6) is 0 Å². The number of carbonyl (C=O) groups is 1. The lowest BCUT2D eigenvalue weighted by atomic mass is 9.91. The second kappa shape index (κ2) is 14.0. The third-order valence-corrected chi connectivity index (χ3v) is 10.3. The van der Waals surface area contributed by atoms with Crippen LogP contribution in [0.15, 0.2) is 60.7 Å². The first-order valence-corrected chi connectivity index (χ1v) is 20.1. The molecule has 0 unspecified atom stereocenters. The Morgan fingerprint density at radius 1 is 0.750 bits per heavy atom. The molecule has 2 aliphatic heterocycles. The number of rotatable bonds is 10. The van der Waals surface area contributed by atoms with Gasteiger partial charge in [0.15, 0.2) is 0 Å². The molecule has 2 aliphatic rings. The minimum Gasteiger partial charge on any atom is -0.355 e. The highest BCUT2D eigenvalue weighted by Crippen LogP contribution is 2.44. The molecule has 0 aliphatic carbocycles. The summed E-state index contributed by atoms with van der Waals surface area (Å²) in [5.41, 5.74) is 8.58. The first-order chi connectivity index (χ1) is 22.8. The number of nitrogens with one attached hydrogen (secondary N) is 3. The SMILES string of the molecule is O=C(CI)Nc1ccc(-c2c3ccc(cc4nc(c(C(CCP(=O)(O)O)CCP(=O)(O)O)c5nc(cc6ccc2[nH]6)C=C5)C=C4)[nH]3)cc1. The molecule has 7 N–H and O–H groups in total. The Morgan fingerprint density at radius 2 is 1.25 bits per heavy atom. The van der Waals surface area contributed by atoms with E-state index in [1.54, 1.807) is 12.2 Å². The molecule has 248 valence electrons. The van der Waals surface area contributed by atoms with Gasteiger partial charge in [-0.3, -0.25) is 13.9 Å². The van der Waals surface area contributed by atoms with E-state index in [1.807, 2.05) is 95.4 Å². The van der Waals surface area contributed by atoms with E-state index in [2.05, 4.69) is 15.3 Å². The van der Waals surface area contributed by atoms with Crippen LogP contribution in [0.2, 0.25) is 0 Å². The van der Waals surface area contributed by atoms with Gasteiger partial charge in [0.05, 0.1) is 39.5 Å². The van der Waals surface area contributed by atoms with Crippen molar-refractivity contribution in [2.24, 2.45) is 0 Å². The topological polar surface area (TPSA) is 202 Å². The van der Waals surface area contributed by atoms with Crippen LogP contribution in [-0.4, -0.2) is 62.2 Å². The number of H-pyrrole nitrogens is 2. The smallest absolute Gasteiger partial charge is 0.325 e. The lowest BCUT2D eigenvalue weighted by Crippen LogP contribution is -2.11. The molecule has 6 rings (SSSR count). The third-order valence-electron chi connectivity index (χ3n) is 7.96. The maximum absolute atomic E-state index is 11.9. The molecule has 0 saturated heterocycles. The van der Waals surface area contributed by atoms with Crippen LogP contribution in [0.1, 0.15) is 47.1 Å². The van der Waals surface area contributed by atoms with Gasteiger partial charge in [-0.2, -0.15) is 0 Å². The normalized spacial score (nSPS) is 13.0. The number of anilines is 1. The molecule has 4 aromatic rings. The summed E-state index contributed by atoms with van der Waals surface area (Å²) < 4.78 is 24.1. The van der Waals surface area contributed by atoms with Gasteiger partial charge < -0.3 is 34.9 Å². The molecule has 0 radical (unpaired) electrons. The van der Waals surface area contributed by atoms with Crippen molar-refractivity contribution in [2.45, 2.75) is 18.8 Å². The first-order valence-electron chi connectivity index (χ1n) is 15.0. The molecule has 48 heavy (non-hydrogen) atoms. The van der Waals surface area contributed by atoms with Crippen LogP contribution in [0.3, 0.4) is 0 Å². The van der Waals surface area contributed by atoms with Crippen molar-refractivity contribution in [2.75, 3.05) is 22.1 Å². The van der Waals surface area contributed by atoms with Crippen molar-refractivity contribution in [3.8, 4) is 11.1 Å². The Hall–Kier alpha value is -3.68. The van der Waals surface area contributed by atoms with E-state index in [4.69, 9.17) is 9.97 Å². The van der Waals surface area contributed by atoms with Gasteiger partial charge in [0, 0.05) is 38.9 Å². The average molecular weight is 799 g/mol. The lowest BCUT2D eigenvalue weighted by Gasteiger charge is -2.20. The van der Waals surface area contributed by atoms with E-state index < -0.39 is 33.4 Å². The van der Waals surface area contributed by atoms with Crippen LogP contribution < -0.4 is 5.32 Å². The van der Waals surface area contributed by atoms with E-state index in [0.29, 0.717) is 38.5 Å². The van der Waals surface area contributed by atoms with E-state index in [-0.39, 0.29) is 18.7 Å². The molecule has 1 aromatic carbocycles. The maximum Gasteiger partial charge on any atom is 0.325 e. The highest BCUT2D eigenvalue weighted by molar-refractivity contribution is 14.1. The summed E-state index contributed by atoms with van der Waals surface area (Å²) in [7, 11) is -8.80. The lowest BCUT2D eigenvalue weighted by molar-refractivity contribution is -0.113. The van der Waals surface area contributed by atoms with E-state index in [0.717, 1.165) is 33.2 Å². The fourth-order valence-corrected chi connectivity index (χ4v) is 7.31. The zero-order chi connectivity index (χ0) is 34.1. The standard InChI is InChI=1S/C33H32IN5O7P2/c34-19-31(40)39-22-3-1-20(2-4-22)32-27-9-5-23(35-27)17-25-7-11-29(37-25)33(21(13-15-47(41,42)43)14-16-48(44,45)46)30-12-8-26(38-30)18-24-6-10-28(32)36-24/h1-12,17-18,21,35-36H,13-16,19H2,(H,39,40)(H2,41,42,43)(H2,44,45,46). The number of benzene rings is 1. The molecule has 3 aromatic heterocycles. The maximum atomic E-state index is 11.9. The van der Waals surface area contributed by atoms with Gasteiger partial charge in [-0.15, -0.1) is 0 Å². The highest BCUT2D eigenvalue weighted by Gasteiger charge is 2.27. The number of fused-ring (bicyclic) bond motifs is 8. The Labute approximate surface area is 288 Å². The summed E-state index contributed by atoms with van der Waals surface area (Å²) in [5, 5.41) is 2.87. The van der Waals surface area contributed by atoms with E-state index >= 15 is 0 Å². The predicted molar refractivity (Wildman–Crippen MR) is 198 cm³/mol. The minimum atomic E-state index is -4.40. The van der Waals surface area contributed by atoms with Crippen LogP contribution in [0.25, 0.3) is 57.5 Å². The molecular formula is C33H32IN5O7P2. The molecule has 1 amide bonds. The Bertz CT molecular complexity index is 2080. The largest absolute Gasteiger partial charge is 0.355 e. The van der Waals surface area contributed by atoms with Gasteiger partial charge in [0.25, 0.3) is 0 Å². The van der Waals surface area contributed by atoms with Gasteiger partial charge in [-0.05, 0) is 97.2 Å². The van der Waals surface area contributed by atoms with Gasteiger partial charge in [-0.1, -0.05) is 34.7 Å². The zero-order valence-corrected chi connectivity index (χ0v) is 29.3. The number of hydrogen-bond acceptors (Lipinski definition) is 5. The zero-order valence-electron chi connectivity index (χ0n) is 25.4. The number of amides is 1. The minimum absolute atomic E-state index is 0.0123. The third kappa shape index (κ3) is 8.48. The number of nitrogens with zero attached hydrogens (tertiary/aromatic N) is 2. The van der Waals surface area contributed by atoms with Crippen LogP contribution >= 0.6 is 37.8 Å². The fraction of sp³-hybridized carbons (Fsp3) is 0.182. The summed E-state index contributed by atoms with van der Waals surface area (Å²) in [4.78, 5) is 67.2. The van der Waals surface area contributed by atoms with Crippen LogP contribution in [-0.2, 0) is 13.9 Å². The summed E-state index contributed by atoms with van der Waals surface area (Å²) in [6, 6.07) is 19.2. The molecule has 0 spiro atoms. The molecule has 0 atom stereocenters. The first kappa shape index (κ1) is 34.2. The highest BCUT2D eigenvalue weighted by atomic mass is 127. The Balaban J connectivity index is 1.55. The summed E-state index contributed by atoms with van der Waals surface area (Å²) in [5.74, 6) is -0.715. The molecule has 5 heterocycles. The molecule has 8 bridgehead atoms. The molecule has 0 saturated carbocycles. The van der Waals surface area contributed by atoms with Crippen molar-refractivity contribution in [3.05, 3.63) is 89.0 Å². The van der Waals surface area contributed by atoms with Gasteiger partial charge in [0.2, 0.25) is 5.91 Å². The second-order valence-corrected chi connectivity index (χ2v) is 15.9. The number of aromatic amines is 2. The average Bonchev–Trinajstić information content (AvgIpc) is 3.85. The number of halogens is 1. The van der Waals surface area contributed by atoms with Gasteiger partial charge >= 0.3 is 15.2 Å². The Morgan fingerprint density at radius 3 is 1.71 bits per heavy atom. The predicted octanol–water partition coefficient (Wildman–Crippen LogP) is 6.92. The summed E-state index contributed by atoms with van der Waals surface area (Å²) in [6.07, 6.45) is 6.28. The molecule has 0 fully saturated rings. The van der Waals surface area contributed by atoms with E-state index in [9.17, 15) is 33.5 Å². The van der Waals surface area contributed by atoms with Crippen molar-refractivity contribution in [1.29, 1.82) is 0 Å². The monoisotopic (exact) mass is 799 g/mol. The van der Waals surface area contributed by atoms with Gasteiger partial charge in [0.1, 0.15) is 0 Å². The number of carbonyl (C=O) groups excluding carboxylic acids is 1. The Kier molecular flexibility index (Phi) is 10.0. The van der Waals surface area contributed by atoms with Crippen LogP contribution in [0.4, 0.5) is 5.69 Å². The summed E-state index contributed by atoms with van der Waals surface area (Å²) >= 11 is 2.02. The van der Waals surface area contributed by atoms with E-state index in [1.165, 1.54) is 0 Å². The molecule has 15 heteroatoms.